The normalized spacial score (nSPS) is 13.1. The smallest absolute Gasteiger partial charge is 0.417 e. The number of benzene rings is 2. The maximum atomic E-state index is 13.7. The van der Waals surface area contributed by atoms with Gasteiger partial charge in [-0.15, -0.1) is 0 Å². The fourth-order valence-corrected chi connectivity index (χ4v) is 19.2. The summed E-state index contributed by atoms with van der Waals surface area (Å²) < 4.78 is 20.6. The molecule has 0 aliphatic carbocycles. The van der Waals surface area contributed by atoms with Crippen LogP contribution in [0.4, 0.5) is 5.69 Å². The topological polar surface area (TPSA) is 69.7 Å². The Balaban J connectivity index is 1.97. The van der Waals surface area contributed by atoms with Crippen LogP contribution in [-0.2, 0) is 18.8 Å². The SMILES string of the molecule is Cc1cccc(CC[Si](O[Si](C)(C)C)(O[Si](C)(C)C)O[Si](C)(C)C)c1C(=O)Nc1cccc2cccnc12. The standard InChI is InChI=1S/C28H44N2O4Si4/c1-22-14-11-15-23(26(22)28(31)30-25-18-12-16-24-17-13-20-29-27(24)25)19-21-38(32-35(2,3)4,33-36(5,6)7)34-37(8,9)10/h11-18,20H,19,21H2,1-10H3,(H,30,31). The maximum absolute atomic E-state index is 13.7. The molecule has 0 spiro atoms. The molecule has 1 aromatic heterocycles. The quantitative estimate of drug-likeness (QED) is 0.233. The highest BCUT2D eigenvalue weighted by Gasteiger charge is 2.49. The van der Waals surface area contributed by atoms with Gasteiger partial charge in [-0.2, -0.15) is 0 Å². The molecule has 1 heterocycles. The van der Waals surface area contributed by atoms with Gasteiger partial charge in [-0.1, -0.05) is 36.4 Å². The van der Waals surface area contributed by atoms with Crippen LogP contribution in [-0.4, -0.2) is 44.6 Å². The monoisotopic (exact) mass is 584 g/mol. The molecule has 0 unspecified atom stereocenters. The molecule has 0 aliphatic heterocycles. The highest BCUT2D eigenvalue weighted by Crippen LogP contribution is 2.31. The van der Waals surface area contributed by atoms with Crippen molar-refractivity contribution in [2.24, 2.45) is 0 Å². The van der Waals surface area contributed by atoms with Gasteiger partial charge < -0.3 is 17.7 Å². The molecule has 0 radical (unpaired) electrons. The van der Waals surface area contributed by atoms with Gasteiger partial charge in [0.1, 0.15) is 0 Å². The molecule has 0 aliphatic rings. The first-order valence-electron chi connectivity index (χ1n) is 13.3. The van der Waals surface area contributed by atoms with Crippen LogP contribution in [0.5, 0.6) is 0 Å². The largest absolute Gasteiger partial charge is 0.469 e. The molecule has 206 valence electrons. The number of hydrogen-bond acceptors (Lipinski definition) is 5. The molecule has 0 saturated carbocycles. The Hall–Kier alpha value is -1.93. The average molecular weight is 585 g/mol. The summed E-state index contributed by atoms with van der Waals surface area (Å²) in [6.07, 6.45) is 2.39. The number of rotatable bonds is 11. The van der Waals surface area contributed by atoms with Gasteiger partial charge in [-0.25, -0.2) is 0 Å². The fourth-order valence-electron chi connectivity index (χ4n) is 4.55. The Kier molecular flexibility index (Phi) is 9.40. The van der Waals surface area contributed by atoms with E-state index in [0.717, 1.165) is 22.0 Å². The number of fused-ring (bicyclic) bond motifs is 1. The van der Waals surface area contributed by atoms with Crippen molar-refractivity contribution in [1.29, 1.82) is 0 Å². The summed E-state index contributed by atoms with van der Waals surface area (Å²) in [5.41, 5.74) is 4.09. The van der Waals surface area contributed by atoms with E-state index in [0.29, 0.717) is 23.7 Å². The number of hydrogen-bond donors (Lipinski definition) is 1. The second-order valence-corrected chi connectivity index (χ2v) is 29.8. The van der Waals surface area contributed by atoms with Crippen LogP contribution in [0.1, 0.15) is 21.5 Å². The lowest BCUT2D eigenvalue weighted by Gasteiger charge is -2.43. The number of para-hydroxylation sites is 1. The Morgan fingerprint density at radius 3 is 1.92 bits per heavy atom. The van der Waals surface area contributed by atoms with E-state index < -0.39 is 33.8 Å². The average Bonchev–Trinajstić information content (AvgIpc) is 2.74. The zero-order chi connectivity index (χ0) is 28.4. The van der Waals surface area contributed by atoms with E-state index in [2.05, 4.69) is 69.2 Å². The summed E-state index contributed by atoms with van der Waals surface area (Å²) in [5.74, 6) is -0.133. The number of amides is 1. The lowest BCUT2D eigenvalue weighted by Crippen LogP contribution is -2.60. The highest BCUT2D eigenvalue weighted by molar-refractivity contribution is 6.90. The molecule has 1 amide bonds. The van der Waals surface area contributed by atoms with Crippen molar-refractivity contribution in [3.8, 4) is 0 Å². The minimum atomic E-state index is -3.03. The summed E-state index contributed by atoms with van der Waals surface area (Å²) in [6, 6.07) is 16.4. The number of nitrogens with zero attached hydrogens (tertiary/aromatic N) is 1. The van der Waals surface area contributed by atoms with E-state index >= 15 is 0 Å². The van der Waals surface area contributed by atoms with Gasteiger partial charge in [0.15, 0.2) is 25.0 Å². The minimum absolute atomic E-state index is 0.133. The van der Waals surface area contributed by atoms with Crippen LogP contribution in [0.3, 0.4) is 0 Å². The Bertz CT molecular complexity index is 1230. The molecule has 38 heavy (non-hydrogen) atoms. The van der Waals surface area contributed by atoms with E-state index in [9.17, 15) is 4.79 Å². The zero-order valence-electron chi connectivity index (χ0n) is 24.7. The molecule has 0 atom stereocenters. The van der Waals surface area contributed by atoms with Gasteiger partial charge in [0.25, 0.3) is 5.91 Å². The lowest BCUT2D eigenvalue weighted by atomic mass is 9.99. The fraction of sp³-hybridized carbons (Fsp3) is 0.429. The van der Waals surface area contributed by atoms with Gasteiger partial charge in [-0.05, 0) is 95.5 Å². The molecular weight excluding hydrogens is 541 g/mol. The summed E-state index contributed by atoms with van der Waals surface area (Å²) in [4.78, 5) is 18.2. The maximum Gasteiger partial charge on any atom is 0.469 e. The van der Waals surface area contributed by atoms with E-state index in [-0.39, 0.29) is 5.91 Å². The van der Waals surface area contributed by atoms with Crippen molar-refractivity contribution >= 4 is 56.3 Å². The molecule has 0 fully saturated rings. The third-order valence-corrected chi connectivity index (χ3v) is 17.5. The summed E-state index contributed by atoms with van der Waals surface area (Å²) in [5, 5.41) is 4.12. The van der Waals surface area contributed by atoms with Gasteiger partial charge in [0.05, 0.1) is 11.2 Å². The first kappa shape index (κ1) is 30.6. The van der Waals surface area contributed by atoms with E-state index in [1.54, 1.807) is 6.20 Å². The minimum Gasteiger partial charge on any atom is -0.417 e. The summed E-state index contributed by atoms with van der Waals surface area (Å²) >= 11 is 0. The molecule has 10 heteroatoms. The second-order valence-electron chi connectivity index (χ2n) is 12.8. The lowest BCUT2D eigenvalue weighted by molar-refractivity contribution is 0.102. The zero-order valence-corrected chi connectivity index (χ0v) is 28.7. The van der Waals surface area contributed by atoms with Gasteiger partial charge in [0.2, 0.25) is 0 Å². The second kappa shape index (κ2) is 11.7. The Morgan fingerprint density at radius 1 is 0.789 bits per heavy atom. The molecule has 2 aromatic carbocycles. The van der Waals surface area contributed by atoms with Gasteiger partial charge in [0, 0.05) is 23.2 Å². The summed E-state index contributed by atoms with van der Waals surface area (Å²) in [7, 11) is -8.98. The van der Waals surface area contributed by atoms with Crippen LogP contribution in [0, 0.1) is 6.92 Å². The van der Waals surface area contributed by atoms with Crippen molar-refractivity contribution in [2.45, 2.75) is 78.3 Å². The van der Waals surface area contributed by atoms with Crippen LogP contribution < -0.4 is 5.32 Å². The van der Waals surface area contributed by atoms with Gasteiger partial charge in [-0.3, -0.25) is 9.78 Å². The number of carbonyl (C=O) groups excluding carboxylic acids is 1. The van der Waals surface area contributed by atoms with Crippen molar-refractivity contribution in [2.75, 3.05) is 5.32 Å². The number of anilines is 1. The number of aryl methyl sites for hydroxylation is 2. The van der Waals surface area contributed by atoms with E-state index in [1.807, 2.05) is 55.5 Å². The Morgan fingerprint density at radius 2 is 1.34 bits per heavy atom. The Labute approximate surface area is 232 Å². The van der Waals surface area contributed by atoms with Crippen LogP contribution in [0.2, 0.25) is 65.0 Å². The van der Waals surface area contributed by atoms with Crippen molar-refractivity contribution in [3.63, 3.8) is 0 Å². The summed E-state index contributed by atoms with van der Waals surface area (Å²) in [6.45, 7) is 21.7. The first-order chi connectivity index (χ1) is 17.5. The highest BCUT2D eigenvalue weighted by atomic mass is 28.5. The predicted octanol–water partition coefficient (Wildman–Crippen LogP) is 7.83. The molecule has 3 rings (SSSR count). The predicted molar refractivity (Wildman–Crippen MR) is 168 cm³/mol. The number of pyridine rings is 1. The third kappa shape index (κ3) is 8.80. The van der Waals surface area contributed by atoms with Crippen molar-refractivity contribution in [1.82, 2.24) is 4.98 Å². The van der Waals surface area contributed by atoms with Crippen LogP contribution in [0.25, 0.3) is 10.9 Å². The van der Waals surface area contributed by atoms with Crippen molar-refractivity contribution < 1.29 is 17.1 Å². The number of carbonyl (C=O) groups is 1. The molecule has 0 bridgehead atoms. The number of aromatic nitrogens is 1. The first-order valence-corrected chi connectivity index (χ1v) is 25.5. The molecular formula is C28H44N2O4Si4. The molecule has 0 saturated heterocycles. The van der Waals surface area contributed by atoms with Crippen LogP contribution >= 0.6 is 0 Å². The van der Waals surface area contributed by atoms with Crippen molar-refractivity contribution in [3.05, 3.63) is 71.4 Å². The molecule has 6 nitrogen and oxygen atoms in total. The number of nitrogens with one attached hydrogen (secondary N) is 1. The third-order valence-electron chi connectivity index (χ3n) is 5.55. The van der Waals surface area contributed by atoms with E-state index in [4.69, 9.17) is 12.3 Å². The van der Waals surface area contributed by atoms with Crippen LogP contribution in [0.15, 0.2) is 54.7 Å². The van der Waals surface area contributed by atoms with Gasteiger partial charge >= 0.3 is 8.80 Å². The van der Waals surface area contributed by atoms with E-state index in [1.165, 1.54) is 0 Å². The molecule has 3 aromatic rings. The molecule has 1 N–H and O–H groups in total.